The van der Waals surface area contributed by atoms with Gasteiger partial charge in [0.15, 0.2) is 0 Å². The van der Waals surface area contributed by atoms with Crippen molar-refractivity contribution >= 4 is 45.7 Å². The Hall–Kier alpha value is -2.82. The Kier molecular flexibility index (Phi) is 5.31. The van der Waals surface area contributed by atoms with E-state index in [-0.39, 0.29) is 11.6 Å². The van der Waals surface area contributed by atoms with Gasteiger partial charge in [-0.15, -0.1) is 0 Å². The smallest absolute Gasteiger partial charge is 0.257 e. The highest BCUT2D eigenvalue weighted by Gasteiger charge is 2.18. The number of benzene rings is 3. The zero-order valence-corrected chi connectivity index (χ0v) is 17.1. The predicted octanol–water partition coefficient (Wildman–Crippen LogP) is 6.70. The molecule has 4 rings (SSSR count). The molecule has 4 aromatic rings. The molecule has 3 nitrogen and oxygen atoms in total. The molecular formula is C23H17Cl2FN2O. The van der Waals surface area contributed by atoms with Gasteiger partial charge < -0.3 is 9.88 Å². The molecule has 0 radical (unpaired) electrons. The predicted molar refractivity (Wildman–Crippen MR) is 117 cm³/mol. The van der Waals surface area contributed by atoms with E-state index in [1.54, 1.807) is 37.4 Å². The molecule has 1 N–H and O–H groups in total. The molecule has 29 heavy (non-hydrogen) atoms. The number of carbonyl (C=O) groups excluding carboxylic acids is 1. The summed E-state index contributed by atoms with van der Waals surface area (Å²) in [6.07, 6.45) is 1.76. The van der Waals surface area contributed by atoms with Crippen molar-refractivity contribution in [1.82, 2.24) is 4.57 Å². The maximum absolute atomic E-state index is 14.2. The van der Waals surface area contributed by atoms with E-state index in [4.69, 9.17) is 23.2 Å². The van der Waals surface area contributed by atoms with E-state index in [2.05, 4.69) is 5.32 Å². The van der Waals surface area contributed by atoms with E-state index in [0.29, 0.717) is 27.7 Å². The third-order valence-electron chi connectivity index (χ3n) is 4.85. The Morgan fingerprint density at radius 2 is 1.86 bits per heavy atom. The number of hydrogen-bond donors (Lipinski definition) is 1. The first-order valence-corrected chi connectivity index (χ1v) is 9.78. The Morgan fingerprint density at radius 1 is 1.07 bits per heavy atom. The number of hydrogen-bond acceptors (Lipinski definition) is 1. The molecule has 0 saturated carbocycles. The Bertz CT molecular complexity index is 1210. The Morgan fingerprint density at radius 3 is 2.62 bits per heavy atom. The molecule has 0 spiro atoms. The van der Waals surface area contributed by atoms with E-state index in [9.17, 15) is 9.18 Å². The van der Waals surface area contributed by atoms with Crippen LogP contribution in [0, 0.1) is 12.7 Å². The maximum Gasteiger partial charge on any atom is 0.257 e. The number of nitrogens with one attached hydrogen (secondary N) is 1. The maximum atomic E-state index is 14.2. The number of amides is 1. The summed E-state index contributed by atoms with van der Waals surface area (Å²) in [7, 11) is 0. The van der Waals surface area contributed by atoms with Crippen LogP contribution in [0.4, 0.5) is 10.1 Å². The number of nitrogens with zero attached hydrogens (tertiary/aromatic N) is 1. The second-order valence-electron chi connectivity index (χ2n) is 6.81. The lowest BCUT2D eigenvalue weighted by molar-refractivity contribution is 0.102. The average molecular weight is 427 g/mol. The van der Waals surface area contributed by atoms with Crippen LogP contribution in [0.5, 0.6) is 0 Å². The molecular weight excluding hydrogens is 410 g/mol. The minimum Gasteiger partial charge on any atom is -0.342 e. The Labute approximate surface area is 177 Å². The van der Waals surface area contributed by atoms with Crippen LogP contribution in [0.1, 0.15) is 21.5 Å². The molecule has 1 heterocycles. The molecule has 3 aromatic carbocycles. The van der Waals surface area contributed by atoms with Gasteiger partial charge in [0.2, 0.25) is 0 Å². The van der Waals surface area contributed by atoms with Gasteiger partial charge in [0.1, 0.15) is 5.82 Å². The number of halogens is 3. The monoisotopic (exact) mass is 426 g/mol. The average Bonchev–Trinajstić information content (AvgIpc) is 3.06. The summed E-state index contributed by atoms with van der Waals surface area (Å²) in [5.74, 6) is -0.828. The molecule has 0 aliphatic carbocycles. The zero-order valence-electron chi connectivity index (χ0n) is 15.5. The molecule has 0 bridgehead atoms. The van der Waals surface area contributed by atoms with Crippen LogP contribution in [0.2, 0.25) is 10.0 Å². The summed E-state index contributed by atoms with van der Waals surface area (Å²) in [4.78, 5) is 13.0. The first kappa shape index (κ1) is 19.5. The standard InChI is InChI=1S/C23H17Cl2FN2O/c1-14-5-4-7-20(26)22(14)27-23(29)18-13-28(21-8-3-2-6-17(18)21)12-15-9-10-16(24)11-19(15)25/h2-11,13H,12H2,1H3,(H,27,29). The molecule has 0 saturated heterocycles. The first-order chi connectivity index (χ1) is 13.9. The summed E-state index contributed by atoms with van der Waals surface area (Å²) < 4.78 is 16.1. The van der Waals surface area contributed by atoms with Gasteiger partial charge in [-0.2, -0.15) is 0 Å². The minimum absolute atomic E-state index is 0.190. The molecule has 1 aromatic heterocycles. The van der Waals surface area contributed by atoms with Crippen LogP contribution in [0.25, 0.3) is 10.9 Å². The topological polar surface area (TPSA) is 34.0 Å². The highest BCUT2D eigenvalue weighted by Crippen LogP contribution is 2.27. The van der Waals surface area contributed by atoms with Gasteiger partial charge in [0.05, 0.1) is 11.3 Å². The van der Waals surface area contributed by atoms with Crippen molar-refractivity contribution in [2.24, 2.45) is 0 Å². The van der Waals surface area contributed by atoms with Crippen LogP contribution < -0.4 is 5.32 Å². The van der Waals surface area contributed by atoms with Crippen LogP contribution in [-0.2, 0) is 6.54 Å². The quantitative estimate of drug-likeness (QED) is 0.387. The number of carbonyl (C=O) groups is 1. The molecule has 0 fully saturated rings. The van der Waals surface area contributed by atoms with Crippen LogP contribution in [0.3, 0.4) is 0 Å². The lowest BCUT2D eigenvalue weighted by Gasteiger charge is -2.09. The number of anilines is 1. The largest absolute Gasteiger partial charge is 0.342 e. The lowest BCUT2D eigenvalue weighted by Crippen LogP contribution is -2.13. The van der Waals surface area contributed by atoms with Crippen molar-refractivity contribution in [2.45, 2.75) is 13.5 Å². The van der Waals surface area contributed by atoms with Crippen LogP contribution in [0.15, 0.2) is 66.9 Å². The van der Waals surface area contributed by atoms with Crippen molar-refractivity contribution in [2.75, 3.05) is 5.32 Å². The third-order valence-corrected chi connectivity index (χ3v) is 5.44. The summed E-state index contributed by atoms with van der Waals surface area (Å²) in [6, 6.07) is 17.6. The molecule has 0 aliphatic rings. The van der Waals surface area contributed by atoms with Gasteiger partial charge in [0.25, 0.3) is 5.91 Å². The summed E-state index contributed by atoms with van der Waals surface area (Å²) in [5.41, 5.74) is 3.08. The minimum atomic E-state index is -0.463. The van der Waals surface area contributed by atoms with Gasteiger partial charge in [0, 0.05) is 33.7 Å². The van der Waals surface area contributed by atoms with E-state index in [1.165, 1.54) is 6.07 Å². The SMILES string of the molecule is Cc1cccc(F)c1NC(=O)c1cn(Cc2ccc(Cl)cc2Cl)c2ccccc12. The number of fused-ring (bicyclic) bond motifs is 1. The second-order valence-corrected chi connectivity index (χ2v) is 7.65. The van der Waals surface area contributed by atoms with Crippen LogP contribution >= 0.6 is 23.2 Å². The molecule has 0 aliphatic heterocycles. The van der Waals surface area contributed by atoms with E-state index < -0.39 is 5.82 Å². The van der Waals surface area contributed by atoms with E-state index in [0.717, 1.165) is 16.5 Å². The molecule has 0 unspecified atom stereocenters. The fourth-order valence-electron chi connectivity index (χ4n) is 3.36. The van der Waals surface area contributed by atoms with Crippen molar-refractivity contribution in [3.63, 3.8) is 0 Å². The van der Waals surface area contributed by atoms with Gasteiger partial charge in [-0.3, -0.25) is 4.79 Å². The van der Waals surface area contributed by atoms with Gasteiger partial charge in [-0.25, -0.2) is 4.39 Å². The molecule has 6 heteroatoms. The highest BCUT2D eigenvalue weighted by molar-refractivity contribution is 6.35. The van der Waals surface area contributed by atoms with Crippen molar-refractivity contribution in [1.29, 1.82) is 0 Å². The number of aryl methyl sites for hydroxylation is 1. The second kappa shape index (κ2) is 7.90. The van der Waals surface area contributed by atoms with E-state index >= 15 is 0 Å². The molecule has 1 amide bonds. The highest BCUT2D eigenvalue weighted by atomic mass is 35.5. The van der Waals surface area contributed by atoms with E-state index in [1.807, 2.05) is 34.9 Å². The van der Waals surface area contributed by atoms with Gasteiger partial charge >= 0.3 is 0 Å². The first-order valence-electron chi connectivity index (χ1n) is 9.02. The van der Waals surface area contributed by atoms with Gasteiger partial charge in [-0.1, -0.05) is 59.6 Å². The summed E-state index contributed by atoms with van der Waals surface area (Å²) in [5, 5.41) is 4.62. The summed E-state index contributed by atoms with van der Waals surface area (Å²) in [6.45, 7) is 2.23. The molecule has 0 atom stereocenters. The third kappa shape index (κ3) is 3.86. The fourth-order valence-corrected chi connectivity index (χ4v) is 3.83. The van der Waals surface area contributed by atoms with Crippen molar-refractivity contribution in [3.05, 3.63) is 99.4 Å². The number of para-hydroxylation sites is 2. The van der Waals surface area contributed by atoms with Crippen molar-refractivity contribution < 1.29 is 9.18 Å². The Balaban J connectivity index is 1.73. The van der Waals surface area contributed by atoms with Gasteiger partial charge in [-0.05, 0) is 42.3 Å². The number of aromatic nitrogens is 1. The lowest BCUT2D eigenvalue weighted by atomic mass is 10.1. The fraction of sp³-hybridized carbons (Fsp3) is 0.0870. The van der Waals surface area contributed by atoms with Crippen LogP contribution in [-0.4, -0.2) is 10.5 Å². The summed E-state index contributed by atoms with van der Waals surface area (Å²) >= 11 is 12.3. The van der Waals surface area contributed by atoms with Crippen molar-refractivity contribution in [3.8, 4) is 0 Å². The zero-order chi connectivity index (χ0) is 20.5. The number of rotatable bonds is 4. The molecule has 146 valence electrons. The normalized spacial score (nSPS) is 11.0.